The van der Waals surface area contributed by atoms with Crippen LogP contribution in [-0.4, -0.2) is 65.6 Å². The van der Waals surface area contributed by atoms with Crippen molar-refractivity contribution < 1.29 is 9.53 Å². The molecule has 3 rings (SSSR count). The molecule has 7 nitrogen and oxygen atoms in total. The number of hydrogen-bond donors (Lipinski definition) is 1. The van der Waals surface area contributed by atoms with E-state index in [-0.39, 0.29) is 17.7 Å². The molecular weight excluding hydrogens is 306 g/mol. The first kappa shape index (κ1) is 17.1. The number of likely N-dealkylation sites (tertiary alicyclic amines) is 1. The number of rotatable bonds is 3. The summed E-state index contributed by atoms with van der Waals surface area (Å²) in [6.07, 6.45) is 5.91. The van der Waals surface area contributed by atoms with Crippen LogP contribution in [0.15, 0.2) is 12.3 Å². The van der Waals surface area contributed by atoms with E-state index in [1.807, 2.05) is 28.9 Å². The highest BCUT2D eigenvalue weighted by atomic mass is 16.5. The molecule has 2 aliphatic heterocycles. The second kappa shape index (κ2) is 7.01. The Balaban J connectivity index is 1.57. The van der Waals surface area contributed by atoms with Gasteiger partial charge in [0.15, 0.2) is 0 Å². The third kappa shape index (κ3) is 3.66. The molecule has 1 aromatic heterocycles. The fourth-order valence-corrected chi connectivity index (χ4v) is 3.79. The van der Waals surface area contributed by atoms with Gasteiger partial charge in [-0.2, -0.15) is 5.10 Å². The summed E-state index contributed by atoms with van der Waals surface area (Å²) in [5.41, 5.74) is -0.219. The van der Waals surface area contributed by atoms with Gasteiger partial charge in [-0.15, -0.1) is 0 Å². The molecule has 0 radical (unpaired) electrons. The van der Waals surface area contributed by atoms with Crippen molar-refractivity contribution in [1.82, 2.24) is 20.0 Å². The Bertz CT molecular complexity index is 575. The number of carbonyl (C=O) groups excluding carboxylic acids is 1. The van der Waals surface area contributed by atoms with Crippen molar-refractivity contribution in [2.24, 2.45) is 7.05 Å². The molecule has 2 saturated heterocycles. The van der Waals surface area contributed by atoms with Crippen LogP contribution in [0.1, 0.15) is 32.6 Å². The maximum atomic E-state index is 12.7. The third-order valence-electron chi connectivity index (χ3n) is 5.31. The molecule has 1 aromatic rings. The number of aryl methyl sites for hydroxylation is 1. The predicted molar refractivity (Wildman–Crippen MR) is 93.2 cm³/mol. The Kier molecular flexibility index (Phi) is 4.99. The Morgan fingerprint density at radius 1 is 1.42 bits per heavy atom. The molecule has 0 aliphatic carbocycles. The van der Waals surface area contributed by atoms with Crippen LogP contribution in [-0.2, 0) is 11.8 Å². The van der Waals surface area contributed by atoms with Crippen molar-refractivity contribution >= 4 is 11.8 Å². The molecule has 1 N–H and O–H groups in total. The van der Waals surface area contributed by atoms with Gasteiger partial charge in [0.2, 0.25) is 0 Å². The lowest BCUT2D eigenvalue weighted by Crippen LogP contribution is -2.56. The molecule has 2 fully saturated rings. The van der Waals surface area contributed by atoms with Gasteiger partial charge < -0.3 is 19.9 Å². The van der Waals surface area contributed by atoms with Crippen molar-refractivity contribution in [3.8, 4) is 0 Å². The first-order valence-corrected chi connectivity index (χ1v) is 8.84. The van der Waals surface area contributed by atoms with Crippen LogP contribution in [0, 0.1) is 0 Å². The molecule has 7 heteroatoms. The molecule has 0 spiro atoms. The molecule has 3 heterocycles. The molecule has 0 aromatic carbocycles. The van der Waals surface area contributed by atoms with Gasteiger partial charge in [0.25, 0.3) is 0 Å². The summed E-state index contributed by atoms with van der Waals surface area (Å²) in [6.45, 7) is 5.39. The number of methoxy groups -OCH3 is 1. The van der Waals surface area contributed by atoms with Gasteiger partial charge in [0.05, 0.1) is 18.3 Å². The zero-order valence-corrected chi connectivity index (χ0v) is 15.0. The Morgan fingerprint density at radius 3 is 2.96 bits per heavy atom. The molecule has 0 saturated carbocycles. The highest BCUT2D eigenvalue weighted by molar-refractivity contribution is 5.75. The second-order valence-electron chi connectivity index (χ2n) is 7.23. The van der Waals surface area contributed by atoms with E-state index >= 15 is 0 Å². The SMILES string of the molecule is COC1(C)CCCN(C(=O)NC2CCCN(c3ccnn3C)C2)C1. The van der Waals surface area contributed by atoms with Crippen LogP contribution < -0.4 is 10.2 Å². The monoisotopic (exact) mass is 335 g/mol. The van der Waals surface area contributed by atoms with Crippen LogP contribution in [0.4, 0.5) is 10.6 Å². The largest absolute Gasteiger partial charge is 0.377 e. The number of amides is 2. The Hall–Kier alpha value is -1.76. The highest BCUT2D eigenvalue weighted by Crippen LogP contribution is 2.24. The van der Waals surface area contributed by atoms with Crippen molar-refractivity contribution in [2.75, 3.05) is 38.2 Å². The third-order valence-corrected chi connectivity index (χ3v) is 5.31. The fourth-order valence-electron chi connectivity index (χ4n) is 3.79. The molecule has 2 unspecified atom stereocenters. The van der Waals surface area contributed by atoms with Gasteiger partial charge in [-0.05, 0) is 32.6 Å². The number of ether oxygens (including phenoxy) is 1. The van der Waals surface area contributed by atoms with Gasteiger partial charge in [-0.3, -0.25) is 4.68 Å². The van der Waals surface area contributed by atoms with Gasteiger partial charge in [0, 0.05) is 45.9 Å². The van der Waals surface area contributed by atoms with Gasteiger partial charge in [0.1, 0.15) is 5.82 Å². The number of nitrogens with one attached hydrogen (secondary N) is 1. The first-order chi connectivity index (χ1) is 11.5. The van der Waals surface area contributed by atoms with E-state index in [0.717, 1.165) is 51.1 Å². The van der Waals surface area contributed by atoms with Crippen LogP contribution in [0.25, 0.3) is 0 Å². The summed E-state index contributed by atoms with van der Waals surface area (Å²) in [7, 11) is 3.69. The molecule has 2 amide bonds. The van der Waals surface area contributed by atoms with Gasteiger partial charge in [-0.1, -0.05) is 0 Å². The molecule has 134 valence electrons. The number of aromatic nitrogens is 2. The summed E-state index contributed by atoms with van der Waals surface area (Å²) in [6, 6.07) is 2.24. The summed E-state index contributed by atoms with van der Waals surface area (Å²) in [5.74, 6) is 1.11. The standard InChI is InChI=1S/C17H29N5O2/c1-17(24-3)8-5-11-22(13-17)16(23)19-14-6-4-10-21(12-14)15-7-9-18-20(15)2/h7,9,14H,4-6,8,10-13H2,1-3H3,(H,19,23). The Labute approximate surface area is 143 Å². The zero-order chi connectivity index (χ0) is 17.2. The summed E-state index contributed by atoms with van der Waals surface area (Å²) in [5, 5.41) is 7.46. The molecule has 24 heavy (non-hydrogen) atoms. The van der Waals surface area contributed by atoms with E-state index in [9.17, 15) is 4.79 Å². The minimum atomic E-state index is -0.219. The van der Waals surface area contributed by atoms with E-state index in [1.165, 1.54) is 0 Å². The minimum absolute atomic E-state index is 0.0369. The average Bonchev–Trinajstić information content (AvgIpc) is 3.01. The minimum Gasteiger partial charge on any atom is -0.377 e. The molecule has 2 atom stereocenters. The van der Waals surface area contributed by atoms with E-state index in [4.69, 9.17) is 4.74 Å². The number of nitrogens with zero attached hydrogens (tertiary/aromatic N) is 4. The quantitative estimate of drug-likeness (QED) is 0.911. The predicted octanol–water partition coefficient (Wildman–Crippen LogP) is 1.60. The zero-order valence-electron chi connectivity index (χ0n) is 15.0. The van der Waals surface area contributed by atoms with Crippen molar-refractivity contribution in [2.45, 2.75) is 44.2 Å². The van der Waals surface area contributed by atoms with Crippen LogP contribution >= 0.6 is 0 Å². The smallest absolute Gasteiger partial charge is 0.317 e. The summed E-state index contributed by atoms with van der Waals surface area (Å²) >= 11 is 0. The summed E-state index contributed by atoms with van der Waals surface area (Å²) in [4.78, 5) is 16.9. The normalized spacial score (nSPS) is 28.0. The topological polar surface area (TPSA) is 62.6 Å². The van der Waals surface area contributed by atoms with Crippen molar-refractivity contribution in [3.05, 3.63) is 12.3 Å². The maximum absolute atomic E-state index is 12.7. The average molecular weight is 335 g/mol. The van der Waals surface area contributed by atoms with E-state index in [0.29, 0.717) is 6.54 Å². The van der Waals surface area contributed by atoms with Crippen LogP contribution in [0.5, 0.6) is 0 Å². The Morgan fingerprint density at radius 2 is 2.25 bits per heavy atom. The molecule has 2 aliphatic rings. The van der Waals surface area contributed by atoms with Gasteiger partial charge >= 0.3 is 6.03 Å². The number of carbonyl (C=O) groups is 1. The van der Waals surface area contributed by atoms with Crippen LogP contribution in [0.3, 0.4) is 0 Å². The number of anilines is 1. The van der Waals surface area contributed by atoms with Crippen molar-refractivity contribution in [3.63, 3.8) is 0 Å². The van der Waals surface area contributed by atoms with Crippen molar-refractivity contribution in [1.29, 1.82) is 0 Å². The fraction of sp³-hybridized carbons (Fsp3) is 0.765. The van der Waals surface area contributed by atoms with Gasteiger partial charge in [-0.25, -0.2) is 4.79 Å². The number of urea groups is 1. The lowest BCUT2D eigenvalue weighted by molar-refractivity contribution is -0.0403. The number of piperidine rings is 2. The lowest BCUT2D eigenvalue weighted by Gasteiger charge is -2.41. The molecular formula is C17H29N5O2. The summed E-state index contributed by atoms with van der Waals surface area (Å²) < 4.78 is 7.48. The molecule has 0 bridgehead atoms. The maximum Gasteiger partial charge on any atom is 0.317 e. The second-order valence-corrected chi connectivity index (χ2v) is 7.23. The van der Waals surface area contributed by atoms with Crippen LogP contribution in [0.2, 0.25) is 0 Å². The number of hydrogen-bond acceptors (Lipinski definition) is 4. The highest BCUT2D eigenvalue weighted by Gasteiger charge is 2.34. The van der Waals surface area contributed by atoms with E-state index in [1.54, 1.807) is 7.11 Å². The first-order valence-electron chi connectivity index (χ1n) is 8.84. The van der Waals surface area contributed by atoms with E-state index in [2.05, 4.69) is 22.2 Å². The van der Waals surface area contributed by atoms with E-state index < -0.39 is 0 Å². The lowest BCUT2D eigenvalue weighted by atomic mass is 9.95.